The van der Waals surface area contributed by atoms with Crippen LogP contribution in [0.25, 0.3) is 0 Å². The van der Waals surface area contributed by atoms with Crippen LogP contribution in [0.2, 0.25) is 0 Å². The van der Waals surface area contributed by atoms with E-state index >= 15 is 0 Å². The van der Waals surface area contributed by atoms with Crippen LogP contribution in [0.15, 0.2) is 11.0 Å². The molecule has 0 bridgehead atoms. The van der Waals surface area contributed by atoms with Crippen molar-refractivity contribution in [1.82, 2.24) is 9.55 Å². The zero-order chi connectivity index (χ0) is 22.0. The number of H-pyrrole nitrogens is 1. The summed E-state index contributed by atoms with van der Waals surface area (Å²) in [5, 5.41) is 0. The summed E-state index contributed by atoms with van der Waals surface area (Å²) in [4.78, 5) is 49.4. The maximum Gasteiger partial charge on any atom is 0.490 e. The SMILES string of the molecule is C#Cc1cn([C@H]2CC[C@@H](COP(=O)(O)OP(=O)(O)OP(=O)(O)O)O2)c(=S)[nH]c1=O. The minimum Gasteiger partial charge on any atom is -0.352 e. The Balaban J connectivity index is 1.99. The molecule has 0 radical (unpaired) electrons. The molecule has 2 heterocycles. The molecule has 2 rings (SSSR count). The zero-order valence-electron chi connectivity index (χ0n) is 14.2. The Morgan fingerprint density at radius 1 is 1.24 bits per heavy atom. The van der Waals surface area contributed by atoms with Crippen molar-refractivity contribution in [2.24, 2.45) is 0 Å². The average Bonchev–Trinajstić information content (AvgIpc) is 2.98. The lowest BCUT2D eigenvalue weighted by atomic mass is 10.2. The molecule has 0 spiro atoms. The van der Waals surface area contributed by atoms with Crippen molar-refractivity contribution < 1.29 is 51.2 Å². The van der Waals surface area contributed by atoms with E-state index in [1.165, 1.54) is 10.8 Å². The Morgan fingerprint density at radius 3 is 2.48 bits per heavy atom. The molecule has 2 unspecified atom stereocenters. The summed E-state index contributed by atoms with van der Waals surface area (Å²) in [5.41, 5.74) is -0.533. The second kappa shape index (κ2) is 9.03. The van der Waals surface area contributed by atoms with Gasteiger partial charge in [-0.1, -0.05) is 5.92 Å². The molecule has 1 aromatic rings. The highest BCUT2D eigenvalue weighted by atomic mass is 32.1. The van der Waals surface area contributed by atoms with Gasteiger partial charge in [-0.15, -0.1) is 6.42 Å². The molecule has 1 aliphatic heterocycles. The molecular formula is C11H15N2O12P3S. The molecule has 29 heavy (non-hydrogen) atoms. The highest BCUT2D eigenvalue weighted by Crippen LogP contribution is 2.66. The summed E-state index contributed by atoms with van der Waals surface area (Å²) >= 11 is 5.04. The normalized spacial score (nSPS) is 23.8. The van der Waals surface area contributed by atoms with Crippen molar-refractivity contribution in [2.45, 2.75) is 25.2 Å². The molecule has 1 aliphatic rings. The van der Waals surface area contributed by atoms with Crippen molar-refractivity contribution in [3.63, 3.8) is 0 Å². The van der Waals surface area contributed by atoms with E-state index in [0.29, 0.717) is 12.8 Å². The van der Waals surface area contributed by atoms with Crippen molar-refractivity contribution in [2.75, 3.05) is 6.61 Å². The highest BCUT2D eigenvalue weighted by molar-refractivity contribution is 7.71. The number of terminal acetylenes is 1. The molecule has 1 fully saturated rings. The van der Waals surface area contributed by atoms with E-state index in [4.69, 9.17) is 38.1 Å². The fourth-order valence-electron chi connectivity index (χ4n) is 2.30. The first kappa shape index (κ1) is 24.3. The van der Waals surface area contributed by atoms with Crippen LogP contribution in [0.1, 0.15) is 24.6 Å². The topological polar surface area (TPSA) is 207 Å². The number of hydrogen-bond acceptors (Lipinski definition) is 9. The molecule has 0 aliphatic carbocycles. The number of phosphoric acid groups is 3. The van der Waals surface area contributed by atoms with Gasteiger partial charge in [0.1, 0.15) is 11.8 Å². The number of aromatic nitrogens is 2. The van der Waals surface area contributed by atoms with E-state index in [2.05, 4.69) is 24.0 Å². The second-order valence-corrected chi connectivity index (χ2v) is 10.3. The van der Waals surface area contributed by atoms with Crippen molar-refractivity contribution >= 4 is 35.7 Å². The zero-order valence-corrected chi connectivity index (χ0v) is 17.7. The van der Waals surface area contributed by atoms with Gasteiger partial charge in [0.2, 0.25) is 0 Å². The molecule has 5 N–H and O–H groups in total. The first-order valence-corrected chi connectivity index (χ1v) is 12.4. The fourth-order valence-corrected chi connectivity index (χ4v) is 5.61. The lowest BCUT2D eigenvalue weighted by Gasteiger charge is -2.19. The van der Waals surface area contributed by atoms with Crippen LogP contribution in [-0.2, 0) is 31.6 Å². The molecule has 0 amide bonds. The third-order valence-electron chi connectivity index (χ3n) is 3.36. The Hall–Kier alpha value is -0.970. The van der Waals surface area contributed by atoms with Gasteiger partial charge in [0.25, 0.3) is 5.56 Å². The Morgan fingerprint density at radius 2 is 1.90 bits per heavy atom. The largest absolute Gasteiger partial charge is 0.490 e. The van der Waals surface area contributed by atoms with Gasteiger partial charge < -0.3 is 24.3 Å². The Labute approximate surface area is 167 Å². The van der Waals surface area contributed by atoms with E-state index < -0.39 is 48.0 Å². The van der Waals surface area contributed by atoms with Gasteiger partial charge in [-0.25, -0.2) is 13.7 Å². The number of aromatic amines is 1. The van der Waals surface area contributed by atoms with Crippen molar-refractivity contribution in [3.05, 3.63) is 26.9 Å². The van der Waals surface area contributed by atoms with Gasteiger partial charge in [-0.05, 0) is 25.1 Å². The number of rotatable bonds is 8. The van der Waals surface area contributed by atoms with E-state index in [1.54, 1.807) is 0 Å². The Bertz CT molecular complexity index is 1070. The van der Waals surface area contributed by atoms with E-state index in [-0.39, 0.29) is 10.3 Å². The lowest BCUT2D eigenvalue weighted by molar-refractivity contribution is -0.0235. The van der Waals surface area contributed by atoms with E-state index in [9.17, 15) is 23.4 Å². The summed E-state index contributed by atoms with van der Waals surface area (Å²) in [6.45, 7) is -0.584. The van der Waals surface area contributed by atoms with Crippen molar-refractivity contribution in [3.8, 4) is 12.3 Å². The summed E-state index contributed by atoms with van der Waals surface area (Å²) in [6, 6.07) is 0. The molecule has 0 aromatic carbocycles. The van der Waals surface area contributed by atoms with Gasteiger partial charge in [0.05, 0.1) is 12.7 Å². The van der Waals surface area contributed by atoms with Gasteiger partial charge in [-0.3, -0.25) is 18.9 Å². The lowest BCUT2D eigenvalue weighted by Crippen LogP contribution is -2.21. The molecule has 4 atom stereocenters. The van der Waals surface area contributed by atoms with Crippen LogP contribution < -0.4 is 5.56 Å². The number of nitrogens with one attached hydrogen (secondary N) is 1. The predicted molar refractivity (Wildman–Crippen MR) is 96.8 cm³/mol. The first-order valence-electron chi connectivity index (χ1n) is 7.47. The smallest absolute Gasteiger partial charge is 0.352 e. The summed E-state index contributed by atoms with van der Waals surface area (Å²) < 4.78 is 52.3. The molecule has 1 saturated heterocycles. The minimum absolute atomic E-state index is 0.0129. The van der Waals surface area contributed by atoms with Crippen LogP contribution in [0.3, 0.4) is 0 Å². The second-order valence-electron chi connectivity index (χ2n) is 5.53. The monoisotopic (exact) mass is 492 g/mol. The molecule has 0 saturated carbocycles. The van der Waals surface area contributed by atoms with Crippen LogP contribution in [0.4, 0.5) is 0 Å². The summed E-state index contributed by atoms with van der Waals surface area (Å²) in [5.74, 6) is 2.19. The molecule has 14 nitrogen and oxygen atoms in total. The number of nitrogens with zero attached hydrogens (tertiary/aromatic N) is 1. The van der Waals surface area contributed by atoms with Gasteiger partial charge in [-0.2, -0.15) is 8.62 Å². The summed E-state index contributed by atoms with van der Waals surface area (Å²) in [7, 11) is -16.3. The third-order valence-corrected chi connectivity index (χ3v) is 7.47. The Kier molecular flexibility index (Phi) is 7.57. The van der Waals surface area contributed by atoms with Crippen LogP contribution >= 0.6 is 35.7 Å². The standard InChI is InChI=1S/C11H15N2O12P3S/c1-2-7-5-13(11(29)12-10(7)14)9-4-3-8(23-9)6-22-27(18,19)25-28(20,21)24-26(15,16)17/h1,5,8-9H,3-4,6H2,(H,18,19)(H,20,21)(H,12,14,29)(H2,15,16,17)/t8-,9+/m0/s1. The van der Waals surface area contributed by atoms with E-state index in [0.717, 1.165) is 0 Å². The van der Waals surface area contributed by atoms with Gasteiger partial charge in [0, 0.05) is 6.20 Å². The fraction of sp³-hybridized carbons (Fsp3) is 0.455. The third kappa shape index (κ3) is 7.34. The molecule has 18 heteroatoms. The number of hydrogen-bond donors (Lipinski definition) is 5. The van der Waals surface area contributed by atoms with Gasteiger partial charge >= 0.3 is 23.5 Å². The summed E-state index contributed by atoms with van der Waals surface area (Å²) in [6.07, 6.45) is 5.73. The average molecular weight is 492 g/mol. The maximum absolute atomic E-state index is 11.7. The van der Waals surface area contributed by atoms with E-state index in [1.807, 2.05) is 0 Å². The highest BCUT2D eigenvalue weighted by Gasteiger charge is 2.41. The molecule has 162 valence electrons. The van der Waals surface area contributed by atoms with Crippen LogP contribution in [0.5, 0.6) is 0 Å². The quantitative estimate of drug-likeness (QED) is 0.195. The van der Waals surface area contributed by atoms with Crippen molar-refractivity contribution in [1.29, 1.82) is 0 Å². The molecular weight excluding hydrogens is 477 g/mol. The first-order chi connectivity index (χ1) is 13.2. The minimum atomic E-state index is -5.59. The number of phosphoric ester groups is 1. The molecule has 1 aromatic heterocycles. The van der Waals surface area contributed by atoms with Crippen LogP contribution in [0, 0.1) is 17.1 Å². The van der Waals surface area contributed by atoms with Crippen LogP contribution in [-0.4, -0.2) is 41.8 Å². The van der Waals surface area contributed by atoms with Gasteiger partial charge in [0.15, 0.2) is 4.77 Å². The maximum atomic E-state index is 11.7. The number of ether oxygens (including phenoxy) is 1. The predicted octanol–water partition coefficient (Wildman–Crippen LogP) is 0.908.